The summed E-state index contributed by atoms with van der Waals surface area (Å²) in [4.78, 5) is 37.5. The molecule has 16 heteroatoms. The minimum absolute atomic E-state index is 0.0692. The van der Waals surface area contributed by atoms with Crippen molar-refractivity contribution in [1.29, 1.82) is 5.26 Å². The molecule has 11 nitrogen and oxygen atoms in total. The Kier molecular flexibility index (Phi) is 8.58. The van der Waals surface area contributed by atoms with Gasteiger partial charge in [0.1, 0.15) is 12.0 Å². The second-order valence-electron chi connectivity index (χ2n) is 8.65. The minimum atomic E-state index is -4.64. The Bertz CT molecular complexity index is 1550. The molecule has 0 aromatic carbocycles. The summed E-state index contributed by atoms with van der Waals surface area (Å²) in [5.74, 6) is -0.244. The number of aromatic amines is 1. The summed E-state index contributed by atoms with van der Waals surface area (Å²) < 4.78 is 46.9. The van der Waals surface area contributed by atoms with Crippen LogP contribution in [0.1, 0.15) is 18.9 Å². The maximum Gasteiger partial charge on any atom is 0.446 e. The summed E-state index contributed by atoms with van der Waals surface area (Å²) in [6.07, 6.45) is 2.73. The van der Waals surface area contributed by atoms with Gasteiger partial charge in [-0.25, -0.2) is 19.3 Å². The number of aldehydes is 1. The lowest BCUT2D eigenvalue weighted by Gasteiger charge is -2.24. The Hall–Kier alpha value is -4.58. The van der Waals surface area contributed by atoms with Crippen molar-refractivity contribution in [2.24, 2.45) is 5.92 Å². The highest BCUT2D eigenvalue weighted by Gasteiger charge is 2.33. The number of hydrogen-bond donors (Lipinski definition) is 2. The Morgan fingerprint density at radius 3 is 2.80 bits per heavy atom. The van der Waals surface area contributed by atoms with Crippen LogP contribution in [0.2, 0.25) is 5.15 Å². The van der Waals surface area contributed by atoms with E-state index in [1.54, 1.807) is 6.20 Å². The first-order chi connectivity index (χ1) is 19.1. The fourth-order valence-electron chi connectivity index (χ4n) is 4.48. The van der Waals surface area contributed by atoms with Gasteiger partial charge in [0.2, 0.25) is 12.7 Å². The summed E-state index contributed by atoms with van der Waals surface area (Å²) in [6.45, 7) is 1.15. The zero-order valence-corrected chi connectivity index (χ0v) is 21.2. The molecule has 2 atom stereocenters. The third-order valence-corrected chi connectivity index (χ3v) is 6.46. The molecule has 1 saturated heterocycles. The van der Waals surface area contributed by atoms with Crippen molar-refractivity contribution >= 4 is 46.8 Å². The fourth-order valence-corrected chi connectivity index (χ4v) is 4.61. The van der Waals surface area contributed by atoms with Gasteiger partial charge in [-0.2, -0.15) is 23.5 Å². The molecule has 0 spiro atoms. The van der Waals surface area contributed by atoms with Crippen LogP contribution in [0.3, 0.4) is 0 Å². The molecule has 5 rings (SSSR count). The topological polar surface area (TPSA) is 145 Å². The molecule has 0 unspecified atom stereocenters. The van der Waals surface area contributed by atoms with Gasteiger partial charge in [-0.15, -0.1) is 0 Å². The van der Waals surface area contributed by atoms with Crippen molar-refractivity contribution in [3.05, 3.63) is 48.0 Å². The van der Waals surface area contributed by atoms with Crippen LogP contribution in [0.15, 0.2) is 37.1 Å². The second kappa shape index (κ2) is 12.1. The first-order valence-electron chi connectivity index (χ1n) is 11.7. The van der Waals surface area contributed by atoms with Crippen molar-refractivity contribution in [3.8, 4) is 17.3 Å². The number of hydrogen-bond acceptors (Lipinski definition) is 8. The predicted molar refractivity (Wildman–Crippen MR) is 136 cm³/mol. The minimum Gasteiger partial charge on any atom is -0.354 e. The SMILES string of the molecule is N#CC[C@@H]([C@H]1CCN(c2nc(Cl)c(F)cc2NC=O)C1)n1cc(-c2ncnc3[nH]ccc23)cn1.O=CC(F)(F)F. The Morgan fingerprint density at radius 1 is 1.32 bits per heavy atom. The van der Waals surface area contributed by atoms with Gasteiger partial charge in [-0.3, -0.25) is 14.3 Å². The van der Waals surface area contributed by atoms with Gasteiger partial charge in [0.25, 0.3) is 0 Å². The predicted octanol–water partition coefficient (Wildman–Crippen LogP) is 4.31. The number of halogens is 5. The van der Waals surface area contributed by atoms with E-state index in [1.165, 1.54) is 6.33 Å². The van der Waals surface area contributed by atoms with Gasteiger partial charge in [0.15, 0.2) is 16.8 Å². The van der Waals surface area contributed by atoms with Crippen molar-refractivity contribution in [3.63, 3.8) is 0 Å². The molecule has 0 bridgehead atoms. The molecule has 0 radical (unpaired) electrons. The van der Waals surface area contributed by atoms with Crippen molar-refractivity contribution < 1.29 is 27.2 Å². The monoisotopic (exact) mass is 577 g/mol. The molecule has 4 aromatic rings. The van der Waals surface area contributed by atoms with Crippen molar-refractivity contribution in [2.45, 2.75) is 25.1 Å². The number of fused-ring (bicyclic) bond motifs is 1. The molecule has 40 heavy (non-hydrogen) atoms. The quantitative estimate of drug-likeness (QED) is 0.188. The highest BCUT2D eigenvalue weighted by molar-refractivity contribution is 6.29. The number of alkyl halides is 3. The maximum atomic E-state index is 13.9. The molecule has 208 valence electrons. The fraction of sp³-hybridized carbons (Fsp3) is 0.292. The number of carbonyl (C=O) groups is 2. The second-order valence-corrected chi connectivity index (χ2v) is 9.01. The number of rotatable bonds is 7. The van der Waals surface area contributed by atoms with Crippen LogP contribution in [0.4, 0.5) is 29.1 Å². The van der Waals surface area contributed by atoms with Crippen LogP contribution in [0.5, 0.6) is 0 Å². The molecular weight excluding hydrogens is 558 g/mol. The Labute approximate surface area is 228 Å². The zero-order valence-electron chi connectivity index (χ0n) is 20.4. The molecular formula is C24H20ClF4N9O2. The van der Waals surface area contributed by atoms with E-state index in [2.05, 4.69) is 36.4 Å². The number of pyridine rings is 1. The van der Waals surface area contributed by atoms with E-state index in [0.29, 0.717) is 25.3 Å². The molecule has 1 fully saturated rings. The highest BCUT2D eigenvalue weighted by atomic mass is 35.5. The summed E-state index contributed by atoms with van der Waals surface area (Å²) >= 11 is 5.90. The third kappa shape index (κ3) is 6.34. The average Bonchev–Trinajstić information content (AvgIpc) is 3.70. The van der Waals surface area contributed by atoms with E-state index in [0.717, 1.165) is 34.8 Å². The molecule has 0 aliphatic carbocycles. The number of anilines is 2. The number of nitrogens with zero attached hydrogens (tertiary/aromatic N) is 7. The molecule has 0 saturated carbocycles. The van der Waals surface area contributed by atoms with Gasteiger partial charge in [-0.1, -0.05) is 11.6 Å². The molecule has 2 N–H and O–H groups in total. The van der Waals surface area contributed by atoms with Gasteiger partial charge in [0.05, 0.1) is 36.1 Å². The number of nitriles is 1. The van der Waals surface area contributed by atoms with Gasteiger partial charge < -0.3 is 15.2 Å². The summed E-state index contributed by atoms with van der Waals surface area (Å²) in [5, 5.41) is 17.2. The van der Waals surface area contributed by atoms with E-state index in [9.17, 15) is 27.6 Å². The third-order valence-electron chi connectivity index (χ3n) is 6.20. The number of carbonyl (C=O) groups excluding carboxylic acids is 2. The normalized spacial score (nSPS) is 15.7. The summed E-state index contributed by atoms with van der Waals surface area (Å²) in [6, 6.07) is 5.14. The van der Waals surface area contributed by atoms with Gasteiger partial charge in [-0.05, 0) is 12.5 Å². The highest BCUT2D eigenvalue weighted by Crippen LogP contribution is 2.37. The zero-order chi connectivity index (χ0) is 28.9. The van der Waals surface area contributed by atoms with Crippen LogP contribution in [-0.2, 0) is 9.59 Å². The number of aromatic nitrogens is 6. The first kappa shape index (κ1) is 28.4. The number of amides is 1. The first-order valence-corrected chi connectivity index (χ1v) is 12.1. The summed E-state index contributed by atoms with van der Waals surface area (Å²) in [5.41, 5.74) is 2.57. The number of nitrogens with one attached hydrogen (secondary N) is 2. The van der Waals surface area contributed by atoms with Gasteiger partial charge >= 0.3 is 6.18 Å². The van der Waals surface area contributed by atoms with Crippen molar-refractivity contribution in [2.75, 3.05) is 23.3 Å². The van der Waals surface area contributed by atoms with Crippen LogP contribution in [0, 0.1) is 23.1 Å². The lowest BCUT2D eigenvalue weighted by atomic mass is 9.96. The van der Waals surface area contributed by atoms with Crippen LogP contribution in [-0.4, -0.2) is 61.7 Å². The summed E-state index contributed by atoms with van der Waals surface area (Å²) in [7, 11) is 0. The Morgan fingerprint density at radius 2 is 2.10 bits per heavy atom. The molecule has 1 aliphatic rings. The van der Waals surface area contributed by atoms with E-state index in [4.69, 9.17) is 16.4 Å². The van der Waals surface area contributed by atoms with Gasteiger partial charge in [0, 0.05) is 48.4 Å². The molecule has 1 aliphatic heterocycles. The van der Waals surface area contributed by atoms with Crippen LogP contribution >= 0.6 is 11.6 Å². The average molecular weight is 578 g/mol. The largest absolute Gasteiger partial charge is 0.446 e. The lowest BCUT2D eigenvalue weighted by molar-refractivity contribution is -0.156. The van der Waals surface area contributed by atoms with Crippen molar-refractivity contribution in [1.82, 2.24) is 29.7 Å². The van der Waals surface area contributed by atoms with Crippen LogP contribution < -0.4 is 10.2 Å². The van der Waals surface area contributed by atoms with Crippen LogP contribution in [0.25, 0.3) is 22.3 Å². The molecule has 1 amide bonds. The smallest absolute Gasteiger partial charge is 0.354 e. The Balaban J connectivity index is 0.000000557. The molecule has 5 heterocycles. The molecule has 4 aromatic heterocycles. The van der Waals surface area contributed by atoms with E-state index >= 15 is 0 Å². The maximum absolute atomic E-state index is 13.9. The lowest BCUT2D eigenvalue weighted by Crippen LogP contribution is -2.26. The van der Waals surface area contributed by atoms with E-state index in [1.807, 2.05) is 28.0 Å². The standard InChI is InChI=1S/C22H19ClFN9O.C2HF3O/c23-20-16(24)7-17(29-12-34)22(31-20)32-6-3-13(9-32)18(1-4-25)33-10-14(8-30-33)19-15-2-5-26-21(15)28-11-27-19;3-2(4,5)1-6/h2,5,7-8,10-13,18H,1,3,6,9H2,(H,29,34)(H,26,27,28);1H/t13-,18-;/m0./s1. The van der Waals surface area contributed by atoms with E-state index in [-0.39, 0.29) is 29.2 Å². The van der Waals surface area contributed by atoms with E-state index < -0.39 is 18.3 Å². The number of H-pyrrole nitrogens is 1.